The molecule has 5 atom stereocenters. The Bertz CT molecular complexity index is 1790. The number of benzene rings is 1. The van der Waals surface area contributed by atoms with Crippen LogP contribution in [0.25, 0.3) is 21.6 Å². The van der Waals surface area contributed by atoms with E-state index in [9.17, 15) is 29.4 Å². The van der Waals surface area contributed by atoms with Gasteiger partial charge in [0.2, 0.25) is 17.7 Å². The van der Waals surface area contributed by atoms with Crippen molar-refractivity contribution in [3.8, 4) is 16.5 Å². The average molecular weight is 706 g/mol. The van der Waals surface area contributed by atoms with E-state index in [4.69, 9.17) is 19.4 Å². The number of amides is 3. The number of carbonyl (C=O) groups excluding carboxylic acids is 3. The molecule has 1 aromatic carbocycles. The molecular formula is C36H43N5O8S. The molecule has 1 aliphatic carbocycles. The molecule has 1 saturated heterocycles. The van der Waals surface area contributed by atoms with Gasteiger partial charge in [-0.05, 0) is 75.6 Å². The molecule has 13 nitrogen and oxygen atoms in total. The second-order valence-corrected chi connectivity index (χ2v) is 15.1. The number of nitrogens with one attached hydrogen (secondary N) is 2. The average Bonchev–Trinajstić information content (AvgIpc) is 3.37. The maximum atomic E-state index is 14.3. The van der Waals surface area contributed by atoms with Crippen molar-refractivity contribution in [2.75, 3.05) is 6.54 Å². The summed E-state index contributed by atoms with van der Waals surface area (Å²) in [6.45, 7) is 5.03. The number of alkyl carbamates (subject to hydrolysis) is 1. The van der Waals surface area contributed by atoms with Gasteiger partial charge in [-0.15, -0.1) is 11.3 Å². The number of ether oxygens (including phenoxy) is 2. The van der Waals surface area contributed by atoms with Crippen molar-refractivity contribution in [3.05, 3.63) is 53.4 Å². The van der Waals surface area contributed by atoms with Crippen molar-refractivity contribution < 1.29 is 38.9 Å². The first-order valence-corrected chi connectivity index (χ1v) is 17.9. The van der Waals surface area contributed by atoms with Crippen molar-refractivity contribution in [3.63, 3.8) is 0 Å². The third kappa shape index (κ3) is 7.76. The lowest BCUT2D eigenvalue weighted by Gasteiger charge is -2.30. The lowest BCUT2D eigenvalue weighted by atomic mass is 10.0. The number of carboxylic acid groups (broad SMARTS) is 1. The van der Waals surface area contributed by atoms with Crippen LogP contribution in [0.3, 0.4) is 0 Å². The van der Waals surface area contributed by atoms with Crippen LogP contribution in [0.4, 0.5) is 4.79 Å². The Morgan fingerprint density at radius 2 is 1.96 bits per heavy atom. The van der Waals surface area contributed by atoms with E-state index < -0.39 is 53.2 Å². The molecule has 4 heterocycles. The van der Waals surface area contributed by atoms with Crippen molar-refractivity contribution >= 4 is 46.2 Å². The SMILES string of the molecule is CC(C)(C)OC(=O)N[C@@H]1CCCCC/C=C\C2CC2(C(=O)O)NC(=O)C2C[C@@H](Oc3nc4ccc(CO)cc4nc3-c3cccs3)CN2C1=O. The fourth-order valence-electron chi connectivity index (χ4n) is 6.59. The number of allylic oxidation sites excluding steroid dienone is 1. The summed E-state index contributed by atoms with van der Waals surface area (Å²) in [7, 11) is 0. The zero-order chi connectivity index (χ0) is 35.6. The van der Waals surface area contributed by atoms with Gasteiger partial charge in [0.15, 0.2) is 0 Å². The van der Waals surface area contributed by atoms with Crippen LogP contribution in [0, 0.1) is 5.92 Å². The second kappa shape index (κ2) is 14.4. The minimum atomic E-state index is -1.46. The summed E-state index contributed by atoms with van der Waals surface area (Å²) in [4.78, 5) is 65.5. The van der Waals surface area contributed by atoms with E-state index in [-0.39, 0.29) is 37.8 Å². The molecule has 6 rings (SSSR count). The van der Waals surface area contributed by atoms with Crippen LogP contribution >= 0.6 is 11.3 Å². The second-order valence-electron chi connectivity index (χ2n) is 14.2. The summed E-state index contributed by atoms with van der Waals surface area (Å²) in [5.41, 5.74) is 0.0236. The van der Waals surface area contributed by atoms with Crippen LogP contribution in [-0.2, 0) is 25.7 Å². The predicted octanol–water partition coefficient (Wildman–Crippen LogP) is 4.57. The van der Waals surface area contributed by atoms with Crippen molar-refractivity contribution in [2.45, 2.75) is 102 Å². The topological polar surface area (TPSA) is 180 Å². The van der Waals surface area contributed by atoms with Crippen molar-refractivity contribution in [1.29, 1.82) is 0 Å². The van der Waals surface area contributed by atoms with Gasteiger partial charge in [-0.25, -0.2) is 19.6 Å². The summed E-state index contributed by atoms with van der Waals surface area (Å²) < 4.78 is 12.0. The van der Waals surface area contributed by atoms with Gasteiger partial charge in [-0.3, -0.25) is 9.59 Å². The standard InChI is InChI=1S/C36H43N5O8S/c1-35(2,3)49-34(47)39-25-11-8-6-4-5-7-10-22-18-36(22,33(45)46)40-30(43)27-17-23(19-41(27)32(25)44)48-31-29(28-12-9-15-50-28)37-26-16-21(20-42)13-14-24(26)38-31/h7,9-10,12-16,22-23,25,27,42H,4-6,8,11,17-20H2,1-3H3,(H,39,47)(H,40,43)(H,45,46)/b10-7-/t22?,23-,25-,27?,36?/m1/s1. The fourth-order valence-corrected chi connectivity index (χ4v) is 7.30. The molecule has 4 N–H and O–H groups in total. The Morgan fingerprint density at radius 1 is 1.14 bits per heavy atom. The first-order chi connectivity index (χ1) is 23.9. The number of thiophene rings is 1. The van der Waals surface area contributed by atoms with Crippen LogP contribution < -0.4 is 15.4 Å². The summed E-state index contributed by atoms with van der Waals surface area (Å²) in [5.74, 6) is -2.36. The largest absolute Gasteiger partial charge is 0.479 e. The smallest absolute Gasteiger partial charge is 0.408 e. The molecule has 3 amide bonds. The quantitative estimate of drug-likeness (QED) is 0.265. The van der Waals surface area contributed by atoms with Gasteiger partial charge >= 0.3 is 12.1 Å². The number of nitrogens with zero attached hydrogens (tertiary/aromatic N) is 3. The maximum Gasteiger partial charge on any atom is 0.408 e. The molecule has 0 bridgehead atoms. The number of aliphatic carboxylic acids is 1. The van der Waals surface area contributed by atoms with E-state index in [1.54, 1.807) is 39.0 Å². The van der Waals surface area contributed by atoms with Crippen LogP contribution in [0.1, 0.15) is 71.3 Å². The van der Waals surface area contributed by atoms with Crippen molar-refractivity contribution in [2.24, 2.45) is 5.92 Å². The first-order valence-electron chi connectivity index (χ1n) is 17.0. The van der Waals surface area contributed by atoms with E-state index >= 15 is 0 Å². The molecule has 1 saturated carbocycles. The molecule has 0 spiro atoms. The Kier molecular flexibility index (Phi) is 10.1. The number of rotatable bonds is 6. The molecule has 3 aromatic rings. The molecule has 266 valence electrons. The van der Waals surface area contributed by atoms with E-state index in [0.29, 0.717) is 35.1 Å². The van der Waals surface area contributed by atoms with Crippen LogP contribution in [0.2, 0.25) is 0 Å². The number of fused-ring (bicyclic) bond motifs is 3. The molecule has 2 fully saturated rings. The van der Waals surface area contributed by atoms with E-state index in [0.717, 1.165) is 24.1 Å². The fraction of sp³-hybridized carbons (Fsp3) is 0.500. The number of aliphatic hydroxyl groups excluding tert-OH is 1. The van der Waals surface area contributed by atoms with Gasteiger partial charge in [0.25, 0.3) is 0 Å². The monoisotopic (exact) mass is 705 g/mol. The third-order valence-corrected chi connectivity index (χ3v) is 10.1. The minimum absolute atomic E-state index is 0.0140. The molecule has 2 aromatic heterocycles. The van der Waals surface area contributed by atoms with Crippen LogP contribution in [-0.4, -0.2) is 84.8 Å². The highest BCUT2D eigenvalue weighted by Crippen LogP contribution is 2.45. The predicted molar refractivity (Wildman–Crippen MR) is 185 cm³/mol. The van der Waals surface area contributed by atoms with Gasteiger partial charge < -0.3 is 35.2 Å². The van der Waals surface area contributed by atoms with Gasteiger partial charge in [0, 0.05) is 12.3 Å². The highest BCUT2D eigenvalue weighted by Gasteiger charge is 2.61. The van der Waals surface area contributed by atoms with Crippen LogP contribution in [0.15, 0.2) is 47.9 Å². The first kappa shape index (κ1) is 35.3. The lowest BCUT2D eigenvalue weighted by Crippen LogP contribution is -2.56. The number of hydrogen-bond acceptors (Lipinski definition) is 10. The molecule has 3 unspecified atom stereocenters. The van der Waals surface area contributed by atoms with Gasteiger partial charge in [-0.2, -0.15) is 0 Å². The van der Waals surface area contributed by atoms with Crippen molar-refractivity contribution in [1.82, 2.24) is 25.5 Å². The summed E-state index contributed by atoms with van der Waals surface area (Å²) in [6, 6.07) is 6.96. The van der Waals surface area contributed by atoms with Gasteiger partial charge in [0.1, 0.15) is 35.0 Å². The molecule has 2 aliphatic heterocycles. The zero-order valence-corrected chi connectivity index (χ0v) is 29.2. The Morgan fingerprint density at radius 3 is 2.68 bits per heavy atom. The third-order valence-electron chi connectivity index (χ3n) is 9.22. The summed E-state index contributed by atoms with van der Waals surface area (Å²) >= 11 is 1.45. The molecule has 14 heteroatoms. The number of aromatic nitrogens is 2. The summed E-state index contributed by atoms with van der Waals surface area (Å²) in [5, 5.41) is 27.3. The van der Waals surface area contributed by atoms with Gasteiger partial charge in [-0.1, -0.05) is 37.1 Å². The van der Waals surface area contributed by atoms with Crippen LogP contribution in [0.5, 0.6) is 5.88 Å². The number of carboxylic acids is 1. The Labute approximate surface area is 294 Å². The minimum Gasteiger partial charge on any atom is -0.479 e. The Hall–Kier alpha value is -4.56. The Balaban J connectivity index is 1.33. The van der Waals surface area contributed by atoms with E-state index in [2.05, 4.69) is 10.6 Å². The number of carbonyl (C=O) groups is 4. The zero-order valence-electron chi connectivity index (χ0n) is 28.4. The van der Waals surface area contributed by atoms with Gasteiger partial charge in [0.05, 0.1) is 29.1 Å². The molecule has 50 heavy (non-hydrogen) atoms. The molecular weight excluding hydrogens is 662 g/mol. The van der Waals surface area contributed by atoms with E-state index in [1.807, 2.05) is 29.7 Å². The van der Waals surface area contributed by atoms with E-state index in [1.165, 1.54) is 16.2 Å². The summed E-state index contributed by atoms with van der Waals surface area (Å²) in [6.07, 6.45) is 5.98. The number of aliphatic hydroxyl groups is 1. The highest BCUT2D eigenvalue weighted by molar-refractivity contribution is 7.13. The number of hydrogen-bond donors (Lipinski definition) is 4. The molecule has 3 aliphatic rings. The normalized spacial score (nSPS) is 26.5. The molecule has 0 radical (unpaired) electrons. The lowest BCUT2D eigenvalue weighted by molar-refractivity contribution is -0.145. The highest BCUT2D eigenvalue weighted by atomic mass is 32.1. The maximum absolute atomic E-state index is 14.3.